The number of pyridine rings is 2. The van der Waals surface area contributed by atoms with E-state index in [1.165, 1.54) is 0 Å². The SMILES string of the molecule is COc1cc(-c2ccc(N3CCN(C(=O)OC(C)(C)C)CC3)nc2)c2c(C#N)cnn2c1. The highest BCUT2D eigenvalue weighted by Gasteiger charge is 2.26. The molecule has 9 heteroatoms. The Morgan fingerprint density at radius 3 is 2.50 bits per heavy atom. The minimum atomic E-state index is -0.502. The van der Waals surface area contributed by atoms with Crippen molar-refractivity contribution < 1.29 is 14.3 Å². The van der Waals surface area contributed by atoms with Crippen LogP contribution in [0.4, 0.5) is 10.6 Å². The maximum Gasteiger partial charge on any atom is 0.410 e. The number of ether oxygens (including phenoxy) is 2. The zero-order valence-electron chi connectivity index (χ0n) is 18.7. The fourth-order valence-electron chi connectivity index (χ4n) is 3.69. The summed E-state index contributed by atoms with van der Waals surface area (Å²) in [4.78, 5) is 20.8. The van der Waals surface area contributed by atoms with Crippen LogP contribution in [-0.2, 0) is 4.74 Å². The Morgan fingerprint density at radius 2 is 1.91 bits per heavy atom. The van der Waals surface area contributed by atoms with Gasteiger partial charge in [0.2, 0.25) is 0 Å². The lowest BCUT2D eigenvalue weighted by molar-refractivity contribution is 0.0240. The van der Waals surface area contributed by atoms with Gasteiger partial charge in [0.15, 0.2) is 0 Å². The molecule has 1 aliphatic heterocycles. The summed E-state index contributed by atoms with van der Waals surface area (Å²) < 4.78 is 12.5. The molecule has 3 aromatic heterocycles. The van der Waals surface area contributed by atoms with Crippen molar-refractivity contribution in [2.45, 2.75) is 26.4 Å². The van der Waals surface area contributed by atoms with Crippen LogP contribution in [0.3, 0.4) is 0 Å². The molecule has 0 atom stereocenters. The molecule has 9 nitrogen and oxygen atoms in total. The van der Waals surface area contributed by atoms with E-state index >= 15 is 0 Å². The average Bonchev–Trinajstić information content (AvgIpc) is 3.20. The number of piperazine rings is 1. The van der Waals surface area contributed by atoms with Gasteiger partial charge in [-0.2, -0.15) is 10.4 Å². The lowest BCUT2D eigenvalue weighted by Gasteiger charge is -2.36. The van der Waals surface area contributed by atoms with Gasteiger partial charge in [0.25, 0.3) is 0 Å². The molecule has 0 aromatic carbocycles. The van der Waals surface area contributed by atoms with Crippen LogP contribution in [0, 0.1) is 11.3 Å². The second-order valence-electron chi connectivity index (χ2n) is 8.62. The van der Waals surface area contributed by atoms with Crippen molar-refractivity contribution >= 4 is 17.4 Å². The lowest BCUT2D eigenvalue weighted by Crippen LogP contribution is -2.50. The first-order chi connectivity index (χ1) is 15.3. The summed E-state index contributed by atoms with van der Waals surface area (Å²) in [7, 11) is 1.60. The van der Waals surface area contributed by atoms with Crippen LogP contribution in [0.25, 0.3) is 16.6 Å². The van der Waals surface area contributed by atoms with Crippen molar-refractivity contribution in [3.05, 3.63) is 42.4 Å². The predicted octanol–water partition coefficient (Wildman–Crippen LogP) is 3.33. The summed E-state index contributed by atoms with van der Waals surface area (Å²) in [6, 6.07) is 8.01. The second-order valence-corrected chi connectivity index (χ2v) is 8.62. The lowest BCUT2D eigenvalue weighted by atomic mass is 10.1. The van der Waals surface area contributed by atoms with E-state index in [-0.39, 0.29) is 6.09 Å². The molecule has 0 spiro atoms. The van der Waals surface area contributed by atoms with E-state index in [2.05, 4.69) is 21.1 Å². The second kappa shape index (κ2) is 8.38. The summed E-state index contributed by atoms with van der Waals surface area (Å²) >= 11 is 0. The van der Waals surface area contributed by atoms with Gasteiger partial charge in [0, 0.05) is 43.5 Å². The Hall–Kier alpha value is -3.80. The Labute approximate surface area is 186 Å². The van der Waals surface area contributed by atoms with Crippen LogP contribution in [0.5, 0.6) is 5.75 Å². The molecular formula is C23H26N6O3. The summed E-state index contributed by atoms with van der Waals surface area (Å²) in [5, 5.41) is 13.7. The third-order valence-electron chi connectivity index (χ3n) is 5.26. The fourth-order valence-corrected chi connectivity index (χ4v) is 3.69. The molecule has 166 valence electrons. The number of hydrogen-bond acceptors (Lipinski definition) is 7. The van der Waals surface area contributed by atoms with Gasteiger partial charge in [-0.25, -0.2) is 14.3 Å². The highest BCUT2D eigenvalue weighted by atomic mass is 16.6. The normalized spacial score (nSPS) is 14.3. The highest BCUT2D eigenvalue weighted by molar-refractivity contribution is 5.85. The minimum absolute atomic E-state index is 0.281. The number of anilines is 1. The molecular weight excluding hydrogens is 408 g/mol. The van der Waals surface area contributed by atoms with E-state index in [0.717, 1.165) is 16.9 Å². The van der Waals surface area contributed by atoms with Crippen molar-refractivity contribution in [2.24, 2.45) is 0 Å². The largest absolute Gasteiger partial charge is 0.495 e. The van der Waals surface area contributed by atoms with E-state index < -0.39 is 5.60 Å². The zero-order chi connectivity index (χ0) is 22.9. The molecule has 1 amide bonds. The van der Waals surface area contributed by atoms with Gasteiger partial charge < -0.3 is 19.3 Å². The van der Waals surface area contributed by atoms with Crippen LogP contribution in [-0.4, -0.2) is 64.5 Å². The van der Waals surface area contributed by atoms with Gasteiger partial charge in [-0.1, -0.05) is 0 Å². The number of methoxy groups -OCH3 is 1. The molecule has 4 rings (SSSR count). The summed E-state index contributed by atoms with van der Waals surface area (Å²) in [6.45, 7) is 8.11. The summed E-state index contributed by atoms with van der Waals surface area (Å²) in [5.74, 6) is 1.48. The molecule has 0 unspecified atom stereocenters. The number of fused-ring (bicyclic) bond motifs is 1. The van der Waals surface area contributed by atoms with E-state index in [4.69, 9.17) is 9.47 Å². The van der Waals surface area contributed by atoms with Gasteiger partial charge in [0.05, 0.1) is 30.6 Å². The zero-order valence-corrected chi connectivity index (χ0v) is 18.7. The van der Waals surface area contributed by atoms with Crippen molar-refractivity contribution in [3.8, 4) is 22.9 Å². The quantitative estimate of drug-likeness (QED) is 0.624. The molecule has 0 bridgehead atoms. The maximum absolute atomic E-state index is 12.3. The topological polar surface area (TPSA) is 96.0 Å². The van der Waals surface area contributed by atoms with Gasteiger partial charge in [0.1, 0.15) is 23.2 Å². The van der Waals surface area contributed by atoms with Gasteiger partial charge in [-0.3, -0.25) is 0 Å². The van der Waals surface area contributed by atoms with Crippen LogP contribution < -0.4 is 9.64 Å². The number of amides is 1. The van der Waals surface area contributed by atoms with Gasteiger partial charge in [-0.15, -0.1) is 0 Å². The molecule has 0 radical (unpaired) electrons. The van der Waals surface area contributed by atoms with Crippen LogP contribution >= 0.6 is 0 Å². The van der Waals surface area contributed by atoms with Crippen LogP contribution in [0.15, 0.2) is 36.8 Å². The van der Waals surface area contributed by atoms with Gasteiger partial charge >= 0.3 is 6.09 Å². The van der Waals surface area contributed by atoms with E-state index in [0.29, 0.717) is 43.0 Å². The molecule has 0 saturated carbocycles. The predicted molar refractivity (Wildman–Crippen MR) is 120 cm³/mol. The monoisotopic (exact) mass is 434 g/mol. The number of hydrogen-bond donors (Lipinski definition) is 0. The van der Waals surface area contributed by atoms with Crippen LogP contribution in [0.1, 0.15) is 26.3 Å². The smallest absolute Gasteiger partial charge is 0.410 e. The molecule has 1 aliphatic rings. The standard InChI is InChI=1S/C23H26N6O3/c1-23(2,3)32-22(30)28-9-7-27(8-10-28)20-6-5-16(13-25-20)19-11-18(31-4)15-29-21(19)17(12-24)14-26-29/h5-6,11,13-15H,7-10H2,1-4H3. The van der Waals surface area contributed by atoms with Crippen molar-refractivity contribution in [3.63, 3.8) is 0 Å². The molecule has 1 saturated heterocycles. The average molecular weight is 435 g/mol. The molecule has 32 heavy (non-hydrogen) atoms. The number of carbonyl (C=O) groups is 1. The third kappa shape index (κ3) is 4.30. The molecule has 4 heterocycles. The first kappa shape index (κ1) is 21.4. The van der Waals surface area contributed by atoms with Crippen molar-refractivity contribution in [1.29, 1.82) is 5.26 Å². The fraction of sp³-hybridized carbons (Fsp3) is 0.391. The van der Waals surface area contributed by atoms with E-state index in [1.807, 2.05) is 39.0 Å². The van der Waals surface area contributed by atoms with Crippen LogP contribution in [0.2, 0.25) is 0 Å². The number of nitriles is 1. The van der Waals surface area contributed by atoms with Crippen molar-refractivity contribution in [2.75, 3.05) is 38.2 Å². The Morgan fingerprint density at radius 1 is 1.16 bits per heavy atom. The molecule has 3 aromatic rings. The Bertz CT molecular complexity index is 1170. The van der Waals surface area contributed by atoms with Gasteiger partial charge in [-0.05, 0) is 39.0 Å². The Kier molecular flexibility index (Phi) is 5.61. The van der Waals surface area contributed by atoms with Crippen molar-refractivity contribution in [1.82, 2.24) is 19.5 Å². The number of rotatable bonds is 3. The molecule has 1 fully saturated rings. The van der Waals surface area contributed by atoms with E-state index in [9.17, 15) is 10.1 Å². The number of carbonyl (C=O) groups excluding carboxylic acids is 1. The summed E-state index contributed by atoms with van der Waals surface area (Å²) in [6.07, 6.45) is 4.80. The maximum atomic E-state index is 12.3. The first-order valence-corrected chi connectivity index (χ1v) is 10.4. The minimum Gasteiger partial charge on any atom is -0.495 e. The first-order valence-electron chi connectivity index (χ1n) is 10.4. The van der Waals surface area contributed by atoms with E-state index in [1.54, 1.807) is 35.1 Å². The third-order valence-corrected chi connectivity index (χ3v) is 5.26. The summed E-state index contributed by atoms with van der Waals surface area (Å²) in [5.41, 5.74) is 2.39. The number of aromatic nitrogens is 3. The molecule has 0 N–H and O–H groups in total. The molecule has 0 aliphatic carbocycles. The Balaban J connectivity index is 1.52. The highest BCUT2D eigenvalue weighted by Crippen LogP contribution is 2.31. The number of nitrogens with zero attached hydrogens (tertiary/aromatic N) is 6.